The molecule has 1 N–H and O–H groups in total. The minimum Gasteiger partial charge on any atom is -0.493 e. The summed E-state index contributed by atoms with van der Waals surface area (Å²) in [5, 5.41) is 3.02. The highest BCUT2D eigenvalue weighted by atomic mass is 32.2. The Kier molecular flexibility index (Phi) is 7.60. The Morgan fingerprint density at radius 2 is 1.72 bits per heavy atom. The van der Waals surface area contributed by atoms with Gasteiger partial charge >= 0.3 is 0 Å². The van der Waals surface area contributed by atoms with Gasteiger partial charge in [-0.05, 0) is 25.0 Å². The molecule has 9 heteroatoms. The van der Waals surface area contributed by atoms with Crippen LogP contribution in [0.25, 0.3) is 0 Å². The summed E-state index contributed by atoms with van der Waals surface area (Å²) in [6, 6.07) is 8.86. The topological polar surface area (TPSA) is 84.9 Å². The van der Waals surface area contributed by atoms with Gasteiger partial charge in [0, 0.05) is 17.7 Å². The van der Waals surface area contributed by atoms with E-state index in [0.29, 0.717) is 5.75 Å². The molecule has 32 heavy (non-hydrogen) atoms. The molecule has 7 nitrogen and oxygen atoms in total. The number of sulfonamides is 1. The number of carbonyl (C=O) groups excluding carboxylic acids is 1. The SMILES string of the molecule is COc1cc(C(=O)NC2CCCCC2)c(N(Cc2ccccc2F)S(C)(=O)=O)cc1OC. The van der Waals surface area contributed by atoms with Crippen LogP contribution in [0.4, 0.5) is 10.1 Å². The molecule has 0 saturated heterocycles. The van der Waals surface area contributed by atoms with E-state index in [0.717, 1.165) is 42.7 Å². The molecule has 0 spiro atoms. The fraction of sp³-hybridized carbons (Fsp3) is 0.435. The van der Waals surface area contributed by atoms with Crippen LogP contribution in [0.2, 0.25) is 0 Å². The highest BCUT2D eigenvalue weighted by molar-refractivity contribution is 7.92. The normalized spacial score (nSPS) is 14.6. The van der Waals surface area contributed by atoms with Gasteiger partial charge in [-0.25, -0.2) is 12.8 Å². The molecule has 1 aliphatic carbocycles. The Morgan fingerprint density at radius 3 is 2.31 bits per heavy atom. The van der Waals surface area contributed by atoms with E-state index < -0.39 is 21.7 Å². The maximum absolute atomic E-state index is 14.3. The van der Waals surface area contributed by atoms with E-state index in [2.05, 4.69) is 5.32 Å². The van der Waals surface area contributed by atoms with E-state index in [1.54, 1.807) is 6.07 Å². The minimum absolute atomic E-state index is 0.0236. The number of hydrogen-bond acceptors (Lipinski definition) is 5. The lowest BCUT2D eigenvalue weighted by Gasteiger charge is -2.28. The molecule has 0 atom stereocenters. The zero-order valence-corrected chi connectivity index (χ0v) is 19.4. The molecule has 0 unspecified atom stereocenters. The number of anilines is 1. The van der Waals surface area contributed by atoms with Crippen molar-refractivity contribution in [2.45, 2.75) is 44.7 Å². The zero-order chi connectivity index (χ0) is 23.3. The first-order valence-corrected chi connectivity index (χ1v) is 12.4. The first kappa shape index (κ1) is 23.8. The van der Waals surface area contributed by atoms with Crippen molar-refractivity contribution >= 4 is 21.6 Å². The predicted molar refractivity (Wildman–Crippen MR) is 121 cm³/mol. The number of benzene rings is 2. The summed E-state index contributed by atoms with van der Waals surface area (Å²) in [6.07, 6.45) is 5.98. The maximum Gasteiger partial charge on any atom is 0.253 e. The molecule has 0 bridgehead atoms. The van der Waals surface area contributed by atoms with Gasteiger partial charge in [0.2, 0.25) is 10.0 Å². The van der Waals surface area contributed by atoms with E-state index in [9.17, 15) is 17.6 Å². The Bertz CT molecular complexity index is 1070. The molecule has 2 aromatic rings. The fourth-order valence-electron chi connectivity index (χ4n) is 3.93. The number of nitrogens with one attached hydrogen (secondary N) is 1. The quantitative estimate of drug-likeness (QED) is 0.641. The second kappa shape index (κ2) is 10.2. The van der Waals surface area contributed by atoms with Gasteiger partial charge in [0.15, 0.2) is 11.5 Å². The van der Waals surface area contributed by atoms with E-state index >= 15 is 0 Å². The van der Waals surface area contributed by atoms with Crippen LogP contribution in [-0.4, -0.2) is 40.8 Å². The number of halogens is 1. The molecular formula is C23H29FN2O5S. The number of methoxy groups -OCH3 is 2. The van der Waals surface area contributed by atoms with Crippen molar-refractivity contribution in [3.05, 3.63) is 53.3 Å². The van der Waals surface area contributed by atoms with Crippen molar-refractivity contribution in [3.8, 4) is 11.5 Å². The van der Waals surface area contributed by atoms with Gasteiger partial charge in [-0.15, -0.1) is 0 Å². The largest absolute Gasteiger partial charge is 0.493 e. The molecule has 2 aromatic carbocycles. The summed E-state index contributed by atoms with van der Waals surface area (Å²) < 4.78 is 51.6. The van der Waals surface area contributed by atoms with Gasteiger partial charge in [-0.1, -0.05) is 37.5 Å². The average Bonchev–Trinajstić information content (AvgIpc) is 2.77. The average molecular weight is 465 g/mol. The maximum atomic E-state index is 14.3. The smallest absolute Gasteiger partial charge is 0.253 e. The van der Waals surface area contributed by atoms with Crippen LogP contribution in [0.3, 0.4) is 0 Å². The summed E-state index contributed by atoms with van der Waals surface area (Å²) >= 11 is 0. The molecule has 1 aliphatic rings. The molecule has 0 aliphatic heterocycles. The van der Waals surface area contributed by atoms with Crippen molar-refractivity contribution in [2.24, 2.45) is 0 Å². The second-order valence-electron chi connectivity index (χ2n) is 7.89. The number of carbonyl (C=O) groups is 1. The molecule has 174 valence electrons. The summed E-state index contributed by atoms with van der Waals surface area (Å²) in [5.41, 5.74) is 0.406. The van der Waals surface area contributed by atoms with Gasteiger partial charge in [0.1, 0.15) is 5.82 Å². The van der Waals surface area contributed by atoms with Gasteiger partial charge in [-0.3, -0.25) is 9.10 Å². The van der Waals surface area contributed by atoms with Crippen molar-refractivity contribution in [1.29, 1.82) is 0 Å². The van der Waals surface area contributed by atoms with Crippen LogP contribution in [-0.2, 0) is 16.6 Å². The summed E-state index contributed by atoms with van der Waals surface area (Å²) in [5.74, 6) is -0.381. The standard InChI is InChI=1S/C23H29FN2O5S/c1-30-21-13-18(23(27)25-17-10-5-4-6-11-17)20(14-22(21)31-2)26(32(3,28)29)15-16-9-7-8-12-19(16)24/h7-9,12-14,17H,4-6,10-11,15H2,1-3H3,(H,25,27). The van der Waals surface area contributed by atoms with Crippen LogP contribution < -0.4 is 19.1 Å². The van der Waals surface area contributed by atoms with Crippen molar-refractivity contribution in [1.82, 2.24) is 5.32 Å². The van der Waals surface area contributed by atoms with Crippen LogP contribution in [0.15, 0.2) is 36.4 Å². The van der Waals surface area contributed by atoms with Crippen LogP contribution in [0.1, 0.15) is 48.0 Å². The van der Waals surface area contributed by atoms with E-state index in [4.69, 9.17) is 9.47 Å². The Labute approximate surface area is 188 Å². The number of amides is 1. The lowest BCUT2D eigenvalue weighted by atomic mass is 9.95. The summed E-state index contributed by atoms with van der Waals surface area (Å²) in [6.45, 7) is -0.273. The highest BCUT2D eigenvalue weighted by Gasteiger charge is 2.28. The third kappa shape index (κ3) is 5.51. The van der Waals surface area contributed by atoms with E-state index in [1.165, 1.54) is 44.6 Å². The Balaban J connectivity index is 2.09. The first-order valence-electron chi connectivity index (χ1n) is 10.5. The van der Waals surface area contributed by atoms with Crippen molar-refractivity contribution in [3.63, 3.8) is 0 Å². The van der Waals surface area contributed by atoms with Gasteiger partial charge in [0.05, 0.1) is 38.3 Å². The molecule has 0 aromatic heterocycles. The first-order chi connectivity index (χ1) is 15.2. The third-order valence-electron chi connectivity index (χ3n) is 5.63. The van der Waals surface area contributed by atoms with Crippen molar-refractivity contribution in [2.75, 3.05) is 24.8 Å². The molecule has 0 radical (unpaired) electrons. The van der Waals surface area contributed by atoms with Gasteiger partial charge < -0.3 is 14.8 Å². The Morgan fingerprint density at radius 1 is 1.09 bits per heavy atom. The van der Waals surface area contributed by atoms with Crippen molar-refractivity contribution < 1.29 is 27.1 Å². The Hall–Kier alpha value is -2.81. The third-order valence-corrected chi connectivity index (χ3v) is 6.75. The molecule has 0 heterocycles. The minimum atomic E-state index is -3.88. The van der Waals surface area contributed by atoms with E-state index in [1.807, 2.05) is 0 Å². The van der Waals surface area contributed by atoms with Crippen LogP contribution in [0, 0.1) is 5.82 Å². The number of hydrogen-bond donors (Lipinski definition) is 1. The number of nitrogens with zero attached hydrogens (tertiary/aromatic N) is 1. The predicted octanol–water partition coefficient (Wildman–Crippen LogP) is 3.87. The lowest BCUT2D eigenvalue weighted by molar-refractivity contribution is 0.0928. The monoisotopic (exact) mass is 464 g/mol. The fourth-order valence-corrected chi connectivity index (χ4v) is 4.81. The molecule has 1 amide bonds. The summed E-state index contributed by atoms with van der Waals surface area (Å²) in [4.78, 5) is 13.2. The highest BCUT2D eigenvalue weighted by Crippen LogP contribution is 2.37. The van der Waals surface area contributed by atoms with E-state index in [-0.39, 0.29) is 35.2 Å². The molecule has 1 fully saturated rings. The van der Waals surface area contributed by atoms with Gasteiger partial charge in [-0.2, -0.15) is 0 Å². The lowest BCUT2D eigenvalue weighted by Crippen LogP contribution is -2.38. The van der Waals surface area contributed by atoms with Gasteiger partial charge in [0.25, 0.3) is 5.91 Å². The molecule has 1 saturated carbocycles. The number of rotatable bonds is 8. The zero-order valence-electron chi connectivity index (χ0n) is 18.6. The second-order valence-corrected chi connectivity index (χ2v) is 9.80. The molecule has 3 rings (SSSR count). The molecular weight excluding hydrogens is 435 g/mol. The van der Waals surface area contributed by atoms with Crippen LogP contribution >= 0.6 is 0 Å². The number of ether oxygens (including phenoxy) is 2. The van der Waals surface area contributed by atoms with Crippen LogP contribution in [0.5, 0.6) is 11.5 Å². The summed E-state index contributed by atoms with van der Waals surface area (Å²) in [7, 11) is -1.02.